The van der Waals surface area contributed by atoms with Gasteiger partial charge in [-0.05, 0) is 62.7 Å². The molecule has 0 radical (unpaired) electrons. The van der Waals surface area contributed by atoms with E-state index in [1.165, 1.54) is 16.0 Å². The molecule has 3 nitrogen and oxygen atoms in total. The Morgan fingerprint density at radius 3 is 2.25 bits per heavy atom. The second-order valence-electron chi connectivity index (χ2n) is 8.75. The van der Waals surface area contributed by atoms with Crippen LogP contribution in [0, 0.1) is 5.92 Å². The van der Waals surface area contributed by atoms with Crippen molar-refractivity contribution in [2.75, 3.05) is 32.1 Å². The van der Waals surface area contributed by atoms with Crippen LogP contribution in [-0.4, -0.2) is 38.0 Å². The van der Waals surface area contributed by atoms with Crippen LogP contribution >= 0.6 is 11.8 Å². The van der Waals surface area contributed by atoms with E-state index in [-0.39, 0.29) is 11.8 Å². The third-order valence-corrected chi connectivity index (χ3v) is 7.12. The fraction of sp³-hybridized carbons (Fsp3) is 0.321. The van der Waals surface area contributed by atoms with Crippen molar-refractivity contribution >= 4 is 23.4 Å². The molecule has 4 heteroatoms. The topological polar surface area (TPSA) is 23.6 Å². The molecule has 0 aliphatic heterocycles. The van der Waals surface area contributed by atoms with Crippen LogP contribution < -0.4 is 4.90 Å². The molecule has 1 aliphatic carbocycles. The van der Waals surface area contributed by atoms with Gasteiger partial charge in [-0.3, -0.25) is 4.79 Å². The smallest absolute Gasteiger partial charge is 0.230 e. The molecule has 166 valence electrons. The van der Waals surface area contributed by atoms with Crippen LogP contribution in [-0.2, 0) is 10.5 Å². The van der Waals surface area contributed by atoms with Gasteiger partial charge in [-0.25, -0.2) is 0 Å². The van der Waals surface area contributed by atoms with Crippen LogP contribution in [0.5, 0.6) is 0 Å². The Kier molecular flexibility index (Phi) is 7.67. The summed E-state index contributed by atoms with van der Waals surface area (Å²) in [5, 5.41) is 0. The third-order valence-electron chi connectivity index (χ3n) is 5.98. The number of hydrogen-bond acceptors (Lipinski definition) is 3. The van der Waals surface area contributed by atoms with Crippen molar-refractivity contribution in [3.8, 4) is 0 Å². The van der Waals surface area contributed by atoms with E-state index in [1.807, 2.05) is 23.9 Å². The van der Waals surface area contributed by atoms with Gasteiger partial charge < -0.3 is 9.80 Å². The average molecular weight is 445 g/mol. The minimum absolute atomic E-state index is 0.0870. The molecule has 3 aromatic rings. The zero-order valence-corrected chi connectivity index (χ0v) is 19.8. The molecular formula is C28H32N2OS. The Hall–Kier alpha value is -2.56. The monoisotopic (exact) mass is 444 g/mol. The summed E-state index contributed by atoms with van der Waals surface area (Å²) in [5.74, 6) is 1.60. The van der Waals surface area contributed by atoms with E-state index in [1.54, 1.807) is 0 Å². The van der Waals surface area contributed by atoms with Crippen molar-refractivity contribution < 1.29 is 4.79 Å². The van der Waals surface area contributed by atoms with Crippen molar-refractivity contribution in [1.29, 1.82) is 0 Å². The van der Waals surface area contributed by atoms with Crippen molar-refractivity contribution in [2.24, 2.45) is 5.92 Å². The van der Waals surface area contributed by atoms with Crippen LogP contribution in [0.3, 0.4) is 0 Å². The summed E-state index contributed by atoms with van der Waals surface area (Å²) in [7, 11) is 4.17. The number of rotatable bonds is 10. The number of carbonyl (C=O) groups excluding carboxylic acids is 1. The molecule has 2 atom stereocenters. The van der Waals surface area contributed by atoms with Gasteiger partial charge in [0.2, 0.25) is 5.91 Å². The summed E-state index contributed by atoms with van der Waals surface area (Å²) in [6.45, 7) is 1.72. The summed E-state index contributed by atoms with van der Waals surface area (Å²) in [4.78, 5) is 19.1. The van der Waals surface area contributed by atoms with E-state index in [9.17, 15) is 4.79 Å². The van der Waals surface area contributed by atoms with E-state index in [0.29, 0.717) is 5.92 Å². The minimum atomic E-state index is 0.0870. The van der Waals surface area contributed by atoms with Gasteiger partial charge in [0, 0.05) is 23.1 Å². The summed E-state index contributed by atoms with van der Waals surface area (Å²) in [5.41, 5.74) is 3.63. The molecule has 32 heavy (non-hydrogen) atoms. The quantitative estimate of drug-likeness (QED) is 0.355. The van der Waals surface area contributed by atoms with Gasteiger partial charge in [-0.15, -0.1) is 11.8 Å². The summed E-state index contributed by atoms with van der Waals surface area (Å²) in [6.07, 6.45) is 1.91. The zero-order valence-electron chi connectivity index (χ0n) is 19.0. The number of anilines is 1. The number of amides is 1. The minimum Gasteiger partial charge on any atom is -0.311 e. The summed E-state index contributed by atoms with van der Waals surface area (Å²) < 4.78 is 0. The first-order valence-electron chi connectivity index (χ1n) is 11.4. The summed E-state index contributed by atoms with van der Waals surface area (Å²) >= 11 is 1.81. The van der Waals surface area contributed by atoms with Crippen LogP contribution in [0.1, 0.15) is 29.9 Å². The Bertz CT molecular complexity index is 1010. The first kappa shape index (κ1) is 22.6. The van der Waals surface area contributed by atoms with Gasteiger partial charge in [0.05, 0.1) is 5.69 Å². The highest BCUT2D eigenvalue weighted by Crippen LogP contribution is 2.49. The normalized spacial score (nSPS) is 17.3. The molecule has 0 heterocycles. The van der Waals surface area contributed by atoms with Crippen molar-refractivity contribution in [3.63, 3.8) is 0 Å². The SMILES string of the molecule is CN(C)CCCN(C(=O)[C@H]1C[C@@H]1c1ccccc1)c1ccccc1SCc1ccccc1. The summed E-state index contributed by atoms with van der Waals surface area (Å²) in [6, 6.07) is 29.4. The van der Waals surface area contributed by atoms with Crippen LogP contribution in [0.15, 0.2) is 89.8 Å². The highest BCUT2D eigenvalue weighted by atomic mass is 32.2. The fourth-order valence-electron chi connectivity index (χ4n) is 4.17. The zero-order chi connectivity index (χ0) is 22.3. The van der Waals surface area contributed by atoms with Crippen molar-refractivity contribution in [3.05, 3.63) is 96.1 Å². The molecule has 0 aromatic heterocycles. The molecule has 0 bridgehead atoms. The van der Waals surface area contributed by atoms with E-state index < -0.39 is 0 Å². The first-order chi connectivity index (χ1) is 15.6. The van der Waals surface area contributed by atoms with Gasteiger partial charge in [0.15, 0.2) is 0 Å². The second-order valence-corrected chi connectivity index (χ2v) is 9.77. The van der Waals surface area contributed by atoms with Gasteiger partial charge in [-0.1, -0.05) is 72.8 Å². The predicted octanol–water partition coefficient (Wildman–Crippen LogP) is 6.07. The predicted molar refractivity (Wildman–Crippen MR) is 135 cm³/mol. The van der Waals surface area contributed by atoms with Gasteiger partial charge >= 0.3 is 0 Å². The van der Waals surface area contributed by atoms with E-state index in [0.717, 1.165) is 37.4 Å². The molecule has 4 rings (SSSR count). The van der Waals surface area contributed by atoms with Gasteiger partial charge in [-0.2, -0.15) is 0 Å². The Labute approximate surface area is 196 Å². The number of benzene rings is 3. The largest absolute Gasteiger partial charge is 0.311 e. The third kappa shape index (κ3) is 5.81. The maximum atomic E-state index is 13.7. The standard InChI is InChI=1S/C28H32N2OS/c1-29(2)18-11-19-30(28(31)25-20-24(25)23-14-7-4-8-15-23)26-16-9-10-17-27(26)32-21-22-12-5-3-6-13-22/h3-10,12-17,24-25H,11,18-21H2,1-2H3/t24-,25+/m1/s1. The molecule has 1 saturated carbocycles. The van der Waals surface area contributed by atoms with Crippen molar-refractivity contribution in [2.45, 2.75) is 29.4 Å². The molecule has 1 fully saturated rings. The molecule has 0 N–H and O–H groups in total. The van der Waals surface area contributed by atoms with Crippen LogP contribution in [0.2, 0.25) is 0 Å². The molecular weight excluding hydrogens is 412 g/mol. The molecule has 1 amide bonds. The lowest BCUT2D eigenvalue weighted by molar-refractivity contribution is -0.119. The van der Waals surface area contributed by atoms with Gasteiger partial charge in [0.1, 0.15) is 0 Å². The number of hydrogen-bond donors (Lipinski definition) is 0. The number of carbonyl (C=O) groups is 1. The molecule has 3 aromatic carbocycles. The van der Waals surface area contributed by atoms with Crippen molar-refractivity contribution in [1.82, 2.24) is 4.90 Å². The maximum absolute atomic E-state index is 13.7. The first-order valence-corrected chi connectivity index (χ1v) is 12.4. The van der Waals surface area contributed by atoms with Gasteiger partial charge in [0.25, 0.3) is 0 Å². The molecule has 0 unspecified atom stereocenters. The number of para-hydroxylation sites is 1. The van der Waals surface area contributed by atoms with Crippen LogP contribution in [0.4, 0.5) is 5.69 Å². The lowest BCUT2D eigenvalue weighted by atomic mass is 10.1. The lowest BCUT2D eigenvalue weighted by Gasteiger charge is -2.26. The fourth-order valence-corrected chi connectivity index (χ4v) is 5.18. The van der Waals surface area contributed by atoms with E-state index >= 15 is 0 Å². The average Bonchev–Trinajstić information content (AvgIpc) is 3.63. The number of thioether (sulfide) groups is 1. The van der Waals surface area contributed by atoms with E-state index in [4.69, 9.17) is 0 Å². The van der Waals surface area contributed by atoms with E-state index in [2.05, 4.69) is 96.7 Å². The Morgan fingerprint density at radius 2 is 1.53 bits per heavy atom. The molecule has 0 saturated heterocycles. The molecule has 1 aliphatic rings. The number of nitrogens with zero attached hydrogens (tertiary/aromatic N) is 2. The Morgan fingerprint density at radius 1 is 0.875 bits per heavy atom. The highest BCUT2D eigenvalue weighted by molar-refractivity contribution is 7.98. The second kappa shape index (κ2) is 10.8. The Balaban J connectivity index is 1.53. The lowest BCUT2D eigenvalue weighted by Crippen LogP contribution is -2.35. The van der Waals surface area contributed by atoms with Crippen LogP contribution in [0.25, 0.3) is 0 Å². The maximum Gasteiger partial charge on any atom is 0.230 e. The highest BCUT2D eigenvalue weighted by Gasteiger charge is 2.46. The molecule has 0 spiro atoms.